The molecule has 0 aliphatic heterocycles. The minimum atomic E-state index is 0.597. The lowest BCUT2D eigenvalue weighted by molar-refractivity contribution is 1.07. The van der Waals surface area contributed by atoms with Gasteiger partial charge in [0.2, 0.25) is 0 Å². The molecule has 0 unspecified atom stereocenters. The summed E-state index contributed by atoms with van der Waals surface area (Å²) in [5.41, 5.74) is 19.8. The molecule has 0 atom stereocenters. The third-order valence-corrected chi connectivity index (χ3v) is 13.8. The third kappa shape index (κ3) is 8.47. The molecule has 11 aromatic carbocycles. The molecule has 0 bridgehead atoms. The highest BCUT2D eigenvalue weighted by Crippen LogP contribution is 2.41. The SMILES string of the molecule is c1ccc(-c2cccc(-c3cccc(-c4nc(-c5cccc(-c6cccc(-c7ccccc7)c6)c5)nc(-c5cccc(-c6cccc7c6c6cc(-c8ccccc8)ccc6n7-c6ccccc6)c5)n4)c3)c2)cc1. The number of hydrogen-bond donors (Lipinski definition) is 0. The summed E-state index contributed by atoms with van der Waals surface area (Å²) in [5, 5.41) is 2.38. The summed E-state index contributed by atoms with van der Waals surface area (Å²) in [6.45, 7) is 0. The third-order valence-electron chi connectivity index (χ3n) is 13.8. The molecule has 0 aliphatic carbocycles. The Labute approximate surface area is 424 Å². The number of aromatic nitrogens is 4. The molecule has 0 aliphatic rings. The van der Waals surface area contributed by atoms with Crippen molar-refractivity contribution < 1.29 is 0 Å². The van der Waals surface area contributed by atoms with Crippen molar-refractivity contribution in [3.63, 3.8) is 0 Å². The molecule has 0 saturated heterocycles. The predicted octanol–water partition coefficient (Wildman–Crippen LogP) is 18.0. The fourth-order valence-corrected chi connectivity index (χ4v) is 10.3. The van der Waals surface area contributed by atoms with Gasteiger partial charge in [-0.15, -0.1) is 0 Å². The minimum absolute atomic E-state index is 0.597. The average molecular weight is 931 g/mol. The Morgan fingerprint density at radius 3 is 1.00 bits per heavy atom. The van der Waals surface area contributed by atoms with E-state index in [4.69, 9.17) is 15.0 Å². The van der Waals surface area contributed by atoms with E-state index >= 15 is 0 Å². The van der Waals surface area contributed by atoms with Crippen LogP contribution in [-0.2, 0) is 0 Å². The Morgan fingerprint density at radius 1 is 0.219 bits per heavy atom. The summed E-state index contributed by atoms with van der Waals surface area (Å²) in [4.78, 5) is 16.0. The molecular formula is C69H46N4. The molecule has 73 heavy (non-hydrogen) atoms. The van der Waals surface area contributed by atoms with Gasteiger partial charge in [-0.2, -0.15) is 0 Å². The molecule has 13 rings (SSSR count). The van der Waals surface area contributed by atoms with E-state index in [9.17, 15) is 0 Å². The summed E-state index contributed by atoms with van der Waals surface area (Å²) < 4.78 is 2.38. The van der Waals surface area contributed by atoms with Crippen molar-refractivity contribution in [1.29, 1.82) is 0 Å². The Morgan fingerprint density at radius 2 is 0.548 bits per heavy atom. The molecule has 2 heterocycles. The number of para-hydroxylation sites is 1. The lowest BCUT2D eigenvalue weighted by Crippen LogP contribution is -2.00. The van der Waals surface area contributed by atoms with Gasteiger partial charge in [0, 0.05) is 33.2 Å². The van der Waals surface area contributed by atoms with E-state index in [0.717, 1.165) is 66.8 Å². The fourth-order valence-electron chi connectivity index (χ4n) is 10.3. The standard InChI is InChI=1S/C69H46N4/c1-5-19-47(20-6-1)50-25-13-27-52(41-50)54-29-15-32-58(43-54)67-70-68(59-33-16-30-55(44-59)53-28-14-26-51(42-53)48-21-7-2-8-22-48)72-69(71-67)60-34-17-31-57(45-60)62-37-18-38-65-66(62)63-46-56(49-23-9-3-10-24-49)39-40-64(63)73(65)61-35-11-4-12-36-61/h1-46H. The van der Waals surface area contributed by atoms with E-state index in [1.807, 2.05) is 0 Å². The van der Waals surface area contributed by atoms with Crippen LogP contribution in [0.5, 0.6) is 0 Å². The van der Waals surface area contributed by atoms with Gasteiger partial charge in [0.1, 0.15) is 0 Å². The Bertz CT molecular complexity index is 3980. The lowest BCUT2D eigenvalue weighted by atomic mass is 9.96. The van der Waals surface area contributed by atoms with Crippen molar-refractivity contribution in [2.45, 2.75) is 0 Å². The largest absolute Gasteiger partial charge is 0.309 e. The first-order valence-corrected chi connectivity index (χ1v) is 24.7. The second kappa shape index (κ2) is 18.9. The molecule has 13 aromatic rings. The number of hydrogen-bond acceptors (Lipinski definition) is 3. The molecule has 2 aromatic heterocycles. The first-order chi connectivity index (χ1) is 36.2. The zero-order valence-electron chi connectivity index (χ0n) is 39.8. The number of rotatable bonds is 10. The zero-order valence-corrected chi connectivity index (χ0v) is 39.8. The highest BCUT2D eigenvalue weighted by Gasteiger charge is 2.19. The van der Waals surface area contributed by atoms with Gasteiger partial charge in [0.05, 0.1) is 11.0 Å². The van der Waals surface area contributed by atoms with E-state index in [-0.39, 0.29) is 0 Å². The summed E-state index contributed by atoms with van der Waals surface area (Å²) in [6, 6.07) is 99.0. The maximum atomic E-state index is 5.33. The maximum Gasteiger partial charge on any atom is 0.164 e. The molecule has 0 saturated carbocycles. The highest BCUT2D eigenvalue weighted by molar-refractivity contribution is 6.16. The molecule has 0 N–H and O–H groups in total. The van der Waals surface area contributed by atoms with Gasteiger partial charge in [-0.25, -0.2) is 15.0 Å². The van der Waals surface area contributed by atoms with Crippen molar-refractivity contribution >= 4 is 21.8 Å². The van der Waals surface area contributed by atoms with Gasteiger partial charge in [0.25, 0.3) is 0 Å². The lowest BCUT2D eigenvalue weighted by Gasteiger charge is -2.12. The second-order valence-electron chi connectivity index (χ2n) is 18.4. The maximum absolute atomic E-state index is 5.33. The quantitative estimate of drug-likeness (QED) is 0.137. The van der Waals surface area contributed by atoms with Gasteiger partial charge in [0.15, 0.2) is 17.5 Å². The summed E-state index contributed by atoms with van der Waals surface area (Å²) in [7, 11) is 0. The van der Waals surface area contributed by atoms with Crippen LogP contribution in [0.2, 0.25) is 0 Å². The Kier molecular flexibility index (Phi) is 11.2. The topological polar surface area (TPSA) is 43.6 Å². The normalized spacial score (nSPS) is 11.3. The minimum Gasteiger partial charge on any atom is -0.309 e. The van der Waals surface area contributed by atoms with Crippen LogP contribution in [0.4, 0.5) is 0 Å². The number of benzene rings is 11. The van der Waals surface area contributed by atoms with Crippen molar-refractivity contribution in [2.75, 3.05) is 0 Å². The Balaban J connectivity index is 0.963. The van der Waals surface area contributed by atoms with Gasteiger partial charge >= 0.3 is 0 Å². The number of fused-ring (bicyclic) bond motifs is 3. The second-order valence-corrected chi connectivity index (χ2v) is 18.4. The molecular weight excluding hydrogens is 885 g/mol. The van der Waals surface area contributed by atoms with Crippen LogP contribution in [0, 0.1) is 0 Å². The summed E-state index contributed by atoms with van der Waals surface area (Å²) in [6.07, 6.45) is 0. The van der Waals surface area contributed by atoms with Crippen molar-refractivity contribution in [3.8, 4) is 107 Å². The fraction of sp³-hybridized carbons (Fsp3) is 0. The van der Waals surface area contributed by atoms with Crippen LogP contribution < -0.4 is 0 Å². The van der Waals surface area contributed by atoms with E-state index < -0.39 is 0 Å². The van der Waals surface area contributed by atoms with Crippen molar-refractivity contribution in [2.24, 2.45) is 0 Å². The van der Waals surface area contributed by atoms with Gasteiger partial charge < -0.3 is 4.57 Å². The molecule has 0 radical (unpaired) electrons. The molecule has 0 fully saturated rings. The summed E-state index contributed by atoms with van der Waals surface area (Å²) >= 11 is 0. The van der Waals surface area contributed by atoms with Crippen LogP contribution in [-0.4, -0.2) is 19.5 Å². The highest BCUT2D eigenvalue weighted by atomic mass is 15.0. The van der Waals surface area contributed by atoms with Crippen LogP contribution in [0.1, 0.15) is 0 Å². The molecule has 4 heteroatoms. The van der Waals surface area contributed by atoms with E-state index in [1.54, 1.807) is 0 Å². The smallest absolute Gasteiger partial charge is 0.164 e. The molecule has 0 spiro atoms. The van der Waals surface area contributed by atoms with Crippen LogP contribution in [0.25, 0.3) is 128 Å². The van der Waals surface area contributed by atoms with Crippen LogP contribution in [0.15, 0.2) is 279 Å². The van der Waals surface area contributed by atoms with Crippen molar-refractivity contribution in [1.82, 2.24) is 19.5 Å². The molecule has 0 amide bonds. The summed E-state index contributed by atoms with van der Waals surface area (Å²) in [5.74, 6) is 1.80. The first-order valence-electron chi connectivity index (χ1n) is 24.7. The van der Waals surface area contributed by atoms with E-state index in [0.29, 0.717) is 17.5 Å². The van der Waals surface area contributed by atoms with Crippen LogP contribution >= 0.6 is 0 Å². The van der Waals surface area contributed by atoms with Gasteiger partial charge in [-0.1, -0.05) is 218 Å². The van der Waals surface area contributed by atoms with Crippen LogP contribution in [0.3, 0.4) is 0 Å². The van der Waals surface area contributed by atoms with Gasteiger partial charge in [-0.3, -0.25) is 0 Å². The van der Waals surface area contributed by atoms with E-state index in [2.05, 4.69) is 284 Å². The Hall–Kier alpha value is -9.77. The number of nitrogens with zero attached hydrogens (tertiary/aromatic N) is 4. The first kappa shape index (κ1) is 43.3. The molecule has 4 nitrogen and oxygen atoms in total. The zero-order chi connectivity index (χ0) is 48.5. The average Bonchev–Trinajstić information content (AvgIpc) is 3.82. The van der Waals surface area contributed by atoms with Gasteiger partial charge in [-0.05, 0) is 127 Å². The van der Waals surface area contributed by atoms with E-state index in [1.165, 1.54) is 44.2 Å². The monoisotopic (exact) mass is 930 g/mol. The molecule has 342 valence electrons. The van der Waals surface area contributed by atoms with Crippen molar-refractivity contribution in [3.05, 3.63) is 279 Å². The predicted molar refractivity (Wildman–Crippen MR) is 303 cm³/mol.